The zero-order valence-corrected chi connectivity index (χ0v) is 10.2. The van der Waals surface area contributed by atoms with Crippen molar-refractivity contribution >= 4 is 0 Å². The lowest BCUT2D eigenvalue weighted by atomic mass is 10.2. The first kappa shape index (κ1) is 11.6. The Labute approximate surface area is 108 Å². The monoisotopic (exact) mass is 258 g/mol. The number of imidazole rings is 1. The number of aryl methyl sites for hydroxylation is 1. The highest BCUT2D eigenvalue weighted by Gasteiger charge is 2.11. The Kier molecular flexibility index (Phi) is 2.83. The van der Waals surface area contributed by atoms with E-state index in [0.717, 1.165) is 5.69 Å². The third-order valence-corrected chi connectivity index (χ3v) is 2.80. The number of halogens is 1. The number of nitrogens with zero attached hydrogens (tertiary/aromatic N) is 4. The second kappa shape index (κ2) is 4.64. The van der Waals surface area contributed by atoms with Gasteiger partial charge < -0.3 is 9.09 Å². The second-order valence-electron chi connectivity index (χ2n) is 4.19. The van der Waals surface area contributed by atoms with Gasteiger partial charge >= 0.3 is 0 Å². The maximum atomic E-state index is 13.1. The van der Waals surface area contributed by atoms with Crippen molar-refractivity contribution in [2.75, 3.05) is 0 Å². The summed E-state index contributed by atoms with van der Waals surface area (Å²) in [7, 11) is 1.90. The molecule has 0 aliphatic heterocycles. The molecule has 3 rings (SSSR count). The van der Waals surface area contributed by atoms with Crippen molar-refractivity contribution in [3.8, 4) is 11.4 Å². The quantitative estimate of drug-likeness (QED) is 0.722. The Hall–Kier alpha value is -2.50. The van der Waals surface area contributed by atoms with E-state index < -0.39 is 0 Å². The molecule has 3 aromatic rings. The lowest BCUT2D eigenvalue weighted by Gasteiger charge is -1.96. The summed E-state index contributed by atoms with van der Waals surface area (Å²) in [5, 5.41) is 3.86. The van der Waals surface area contributed by atoms with Crippen LogP contribution in [0.15, 0.2) is 41.3 Å². The first-order valence-corrected chi connectivity index (χ1v) is 5.76. The minimum atomic E-state index is -0.324. The molecule has 5 nitrogen and oxygen atoms in total. The molecule has 0 radical (unpaired) electrons. The molecular formula is C13H11FN4O. The molecule has 2 heterocycles. The van der Waals surface area contributed by atoms with Gasteiger partial charge in [0, 0.05) is 24.5 Å². The standard InChI is InChI=1S/C13H11FN4O/c1-18-8-15-7-11(18)6-12-16-13(17-19-12)9-3-2-4-10(14)5-9/h2-5,7-8H,6H2,1H3. The van der Waals surface area contributed by atoms with E-state index in [9.17, 15) is 4.39 Å². The van der Waals surface area contributed by atoms with Gasteiger partial charge in [0.05, 0.1) is 12.7 Å². The van der Waals surface area contributed by atoms with Gasteiger partial charge in [0.15, 0.2) is 0 Å². The Morgan fingerprint density at radius 2 is 2.26 bits per heavy atom. The minimum absolute atomic E-state index is 0.324. The zero-order chi connectivity index (χ0) is 13.2. The molecule has 2 aromatic heterocycles. The van der Waals surface area contributed by atoms with Gasteiger partial charge in [-0.05, 0) is 12.1 Å². The molecule has 19 heavy (non-hydrogen) atoms. The fraction of sp³-hybridized carbons (Fsp3) is 0.154. The molecule has 6 heteroatoms. The van der Waals surface area contributed by atoms with Crippen LogP contribution in [-0.2, 0) is 13.5 Å². The Bertz CT molecular complexity index is 704. The summed E-state index contributed by atoms with van der Waals surface area (Å²) in [6, 6.07) is 6.10. The summed E-state index contributed by atoms with van der Waals surface area (Å²) in [6.45, 7) is 0. The predicted octanol–water partition coefficient (Wildman–Crippen LogP) is 2.20. The second-order valence-corrected chi connectivity index (χ2v) is 4.19. The van der Waals surface area contributed by atoms with Crippen LogP contribution in [0.1, 0.15) is 11.6 Å². The molecule has 0 aliphatic carbocycles. The fourth-order valence-electron chi connectivity index (χ4n) is 1.78. The van der Waals surface area contributed by atoms with Crippen LogP contribution in [0.5, 0.6) is 0 Å². The Morgan fingerprint density at radius 3 is 3.00 bits per heavy atom. The molecule has 0 saturated heterocycles. The van der Waals surface area contributed by atoms with Crippen LogP contribution in [0.2, 0.25) is 0 Å². The van der Waals surface area contributed by atoms with Gasteiger partial charge in [0.2, 0.25) is 11.7 Å². The van der Waals surface area contributed by atoms with Gasteiger partial charge in [0.1, 0.15) is 5.82 Å². The largest absolute Gasteiger partial charge is 0.339 e. The van der Waals surface area contributed by atoms with E-state index in [0.29, 0.717) is 23.7 Å². The summed E-state index contributed by atoms with van der Waals surface area (Å²) in [4.78, 5) is 8.27. The lowest BCUT2D eigenvalue weighted by Crippen LogP contribution is -1.96. The predicted molar refractivity (Wildman–Crippen MR) is 65.7 cm³/mol. The van der Waals surface area contributed by atoms with E-state index in [-0.39, 0.29) is 5.82 Å². The molecule has 0 spiro atoms. The smallest absolute Gasteiger partial charge is 0.232 e. The van der Waals surface area contributed by atoms with Crippen molar-refractivity contribution in [1.82, 2.24) is 19.7 Å². The first-order chi connectivity index (χ1) is 9.22. The van der Waals surface area contributed by atoms with Crippen LogP contribution < -0.4 is 0 Å². The zero-order valence-electron chi connectivity index (χ0n) is 10.2. The van der Waals surface area contributed by atoms with Gasteiger partial charge in [-0.3, -0.25) is 0 Å². The number of hydrogen-bond acceptors (Lipinski definition) is 4. The third kappa shape index (κ3) is 2.37. The molecule has 0 fully saturated rings. The number of benzene rings is 1. The molecule has 0 aliphatic rings. The van der Waals surface area contributed by atoms with Crippen molar-refractivity contribution in [2.45, 2.75) is 6.42 Å². The van der Waals surface area contributed by atoms with E-state index >= 15 is 0 Å². The van der Waals surface area contributed by atoms with E-state index in [1.807, 2.05) is 11.6 Å². The molecule has 0 amide bonds. The average molecular weight is 258 g/mol. The normalized spacial score (nSPS) is 10.8. The van der Waals surface area contributed by atoms with Gasteiger partial charge in [-0.2, -0.15) is 4.98 Å². The van der Waals surface area contributed by atoms with Crippen LogP contribution >= 0.6 is 0 Å². The highest BCUT2D eigenvalue weighted by molar-refractivity contribution is 5.53. The van der Waals surface area contributed by atoms with Gasteiger partial charge in [-0.15, -0.1) is 0 Å². The molecule has 0 N–H and O–H groups in total. The number of aromatic nitrogens is 4. The number of hydrogen-bond donors (Lipinski definition) is 0. The highest BCUT2D eigenvalue weighted by Crippen LogP contribution is 2.17. The average Bonchev–Trinajstić information content (AvgIpc) is 3.00. The maximum absolute atomic E-state index is 13.1. The fourth-order valence-corrected chi connectivity index (χ4v) is 1.78. The van der Waals surface area contributed by atoms with Crippen molar-refractivity contribution in [1.29, 1.82) is 0 Å². The Balaban J connectivity index is 1.86. The highest BCUT2D eigenvalue weighted by atomic mass is 19.1. The molecule has 0 unspecified atom stereocenters. The van der Waals surface area contributed by atoms with Crippen molar-refractivity contribution in [3.63, 3.8) is 0 Å². The summed E-state index contributed by atoms with van der Waals surface area (Å²) in [6.07, 6.45) is 3.95. The molecule has 0 saturated carbocycles. The van der Waals surface area contributed by atoms with Crippen LogP contribution in [0.3, 0.4) is 0 Å². The van der Waals surface area contributed by atoms with E-state index in [4.69, 9.17) is 4.52 Å². The van der Waals surface area contributed by atoms with Gasteiger partial charge in [0.25, 0.3) is 0 Å². The maximum Gasteiger partial charge on any atom is 0.232 e. The topological polar surface area (TPSA) is 56.7 Å². The van der Waals surface area contributed by atoms with Crippen molar-refractivity contribution < 1.29 is 8.91 Å². The molecule has 1 aromatic carbocycles. The summed E-state index contributed by atoms with van der Waals surface area (Å²) >= 11 is 0. The minimum Gasteiger partial charge on any atom is -0.339 e. The molecule has 0 bridgehead atoms. The molecular weight excluding hydrogens is 247 g/mol. The van der Waals surface area contributed by atoms with E-state index in [2.05, 4.69) is 15.1 Å². The Morgan fingerprint density at radius 1 is 1.37 bits per heavy atom. The van der Waals surface area contributed by atoms with E-state index in [1.165, 1.54) is 12.1 Å². The lowest BCUT2D eigenvalue weighted by molar-refractivity contribution is 0.384. The summed E-state index contributed by atoms with van der Waals surface area (Å²) in [5.41, 5.74) is 1.56. The SMILES string of the molecule is Cn1cncc1Cc1nc(-c2cccc(F)c2)no1. The van der Waals surface area contributed by atoms with Crippen LogP contribution in [0.4, 0.5) is 4.39 Å². The van der Waals surface area contributed by atoms with Gasteiger partial charge in [-0.1, -0.05) is 17.3 Å². The van der Waals surface area contributed by atoms with Crippen molar-refractivity contribution in [3.05, 3.63) is 54.2 Å². The van der Waals surface area contributed by atoms with Gasteiger partial charge in [-0.25, -0.2) is 9.37 Å². The third-order valence-electron chi connectivity index (χ3n) is 2.80. The van der Waals surface area contributed by atoms with Crippen LogP contribution in [0, 0.1) is 5.82 Å². The van der Waals surface area contributed by atoms with Crippen LogP contribution in [0.25, 0.3) is 11.4 Å². The summed E-state index contributed by atoms with van der Waals surface area (Å²) < 4.78 is 20.2. The summed E-state index contributed by atoms with van der Waals surface area (Å²) in [5.74, 6) is 0.537. The van der Waals surface area contributed by atoms with Crippen molar-refractivity contribution in [2.24, 2.45) is 7.05 Å². The molecule has 0 atom stereocenters. The number of rotatable bonds is 3. The first-order valence-electron chi connectivity index (χ1n) is 5.76. The van der Waals surface area contributed by atoms with Crippen LogP contribution in [-0.4, -0.2) is 19.7 Å². The molecule has 96 valence electrons. The van der Waals surface area contributed by atoms with E-state index in [1.54, 1.807) is 24.7 Å².